The molecule has 0 aliphatic rings. The topological polar surface area (TPSA) is 76.9 Å². The second-order valence-corrected chi connectivity index (χ2v) is 7.44. The van der Waals surface area contributed by atoms with Gasteiger partial charge >= 0.3 is 0 Å². The SMILES string of the molecule is Cc1ccc(-c2nsc3c(=O)n(CC(=O)Nc4cccc(C)c4)cnc23)cc1. The molecular weight excluding hydrogens is 372 g/mol. The number of nitrogens with one attached hydrogen (secondary N) is 1. The van der Waals surface area contributed by atoms with Crippen LogP contribution in [0.3, 0.4) is 0 Å². The maximum absolute atomic E-state index is 12.8. The lowest BCUT2D eigenvalue weighted by atomic mass is 10.1. The van der Waals surface area contributed by atoms with Crippen LogP contribution in [0.2, 0.25) is 0 Å². The van der Waals surface area contributed by atoms with Crippen molar-refractivity contribution in [1.29, 1.82) is 0 Å². The molecule has 6 nitrogen and oxygen atoms in total. The van der Waals surface area contributed by atoms with Crippen LogP contribution in [0.25, 0.3) is 21.5 Å². The average molecular weight is 390 g/mol. The molecule has 0 spiro atoms. The lowest BCUT2D eigenvalue weighted by molar-refractivity contribution is -0.116. The normalized spacial score (nSPS) is 10.9. The first-order valence-corrected chi connectivity index (χ1v) is 9.57. The third-order valence-corrected chi connectivity index (χ3v) is 5.21. The summed E-state index contributed by atoms with van der Waals surface area (Å²) in [7, 11) is 0. The van der Waals surface area contributed by atoms with Gasteiger partial charge in [0.25, 0.3) is 5.56 Å². The molecule has 0 saturated carbocycles. The zero-order chi connectivity index (χ0) is 19.7. The summed E-state index contributed by atoms with van der Waals surface area (Å²) in [5.74, 6) is -0.280. The van der Waals surface area contributed by atoms with Crippen molar-refractivity contribution in [2.24, 2.45) is 0 Å². The smallest absolute Gasteiger partial charge is 0.273 e. The molecule has 0 saturated heterocycles. The highest BCUT2D eigenvalue weighted by molar-refractivity contribution is 7.13. The fourth-order valence-electron chi connectivity index (χ4n) is 2.95. The standard InChI is InChI=1S/C21H18N4O2S/c1-13-6-8-15(9-7-13)18-19-20(28-24-18)21(27)25(12-22-19)11-17(26)23-16-5-3-4-14(2)10-16/h3-10,12H,11H2,1-2H3,(H,23,26). The summed E-state index contributed by atoms with van der Waals surface area (Å²) in [5.41, 5.74) is 4.80. The summed E-state index contributed by atoms with van der Waals surface area (Å²) in [4.78, 5) is 29.5. The first-order chi connectivity index (χ1) is 13.5. The number of carbonyl (C=O) groups excluding carboxylic acids is 1. The zero-order valence-corrected chi connectivity index (χ0v) is 16.3. The Morgan fingerprint density at radius 3 is 2.64 bits per heavy atom. The van der Waals surface area contributed by atoms with E-state index in [0.29, 0.717) is 21.6 Å². The molecule has 4 aromatic rings. The van der Waals surface area contributed by atoms with E-state index in [1.165, 1.54) is 10.9 Å². The van der Waals surface area contributed by atoms with Crippen molar-refractivity contribution in [2.45, 2.75) is 20.4 Å². The number of rotatable bonds is 4. The minimum Gasteiger partial charge on any atom is -0.325 e. The zero-order valence-electron chi connectivity index (χ0n) is 15.5. The lowest BCUT2D eigenvalue weighted by Crippen LogP contribution is -2.27. The molecule has 2 heterocycles. The van der Waals surface area contributed by atoms with Gasteiger partial charge in [-0.05, 0) is 43.1 Å². The van der Waals surface area contributed by atoms with E-state index < -0.39 is 0 Å². The molecule has 0 aliphatic carbocycles. The number of aryl methyl sites for hydroxylation is 2. The second-order valence-electron chi connectivity index (χ2n) is 6.67. The second kappa shape index (κ2) is 7.36. The molecule has 2 aromatic carbocycles. The number of hydrogen-bond acceptors (Lipinski definition) is 5. The van der Waals surface area contributed by atoms with Crippen LogP contribution < -0.4 is 10.9 Å². The molecule has 1 amide bonds. The highest BCUT2D eigenvalue weighted by Crippen LogP contribution is 2.27. The van der Waals surface area contributed by atoms with Gasteiger partial charge in [-0.2, -0.15) is 4.37 Å². The third kappa shape index (κ3) is 3.57. The summed E-state index contributed by atoms with van der Waals surface area (Å²) in [6.45, 7) is 3.86. The number of aromatic nitrogens is 3. The number of carbonyl (C=O) groups is 1. The maximum Gasteiger partial charge on any atom is 0.273 e. The molecule has 2 aromatic heterocycles. The Bertz CT molecular complexity index is 1230. The number of anilines is 1. The Balaban J connectivity index is 1.61. The first-order valence-electron chi connectivity index (χ1n) is 8.79. The van der Waals surface area contributed by atoms with Gasteiger partial charge in [-0.3, -0.25) is 14.2 Å². The first kappa shape index (κ1) is 18.1. The molecule has 7 heteroatoms. The fraction of sp³-hybridized carbons (Fsp3) is 0.143. The summed E-state index contributed by atoms with van der Waals surface area (Å²) in [6.07, 6.45) is 1.41. The van der Waals surface area contributed by atoms with Gasteiger partial charge in [0.05, 0.1) is 6.33 Å². The van der Waals surface area contributed by atoms with Gasteiger partial charge < -0.3 is 5.32 Å². The molecule has 4 rings (SSSR count). The van der Waals surface area contributed by atoms with E-state index in [9.17, 15) is 9.59 Å². The molecule has 1 N–H and O–H groups in total. The summed E-state index contributed by atoms with van der Waals surface area (Å²) in [6, 6.07) is 15.4. The van der Waals surface area contributed by atoms with Gasteiger partial charge in [0, 0.05) is 11.3 Å². The predicted octanol–water partition coefficient (Wildman–Crippen LogP) is 3.78. The maximum atomic E-state index is 12.8. The van der Waals surface area contributed by atoms with Crippen molar-refractivity contribution in [3.63, 3.8) is 0 Å². The average Bonchev–Trinajstić information content (AvgIpc) is 3.09. The molecule has 0 aliphatic heterocycles. The minimum atomic E-state index is -0.280. The van der Waals surface area contributed by atoms with Crippen molar-refractivity contribution in [2.75, 3.05) is 5.32 Å². The highest BCUT2D eigenvalue weighted by atomic mass is 32.1. The monoisotopic (exact) mass is 390 g/mol. The van der Waals surface area contributed by atoms with Gasteiger partial charge in [0.2, 0.25) is 5.91 Å². The Labute approximate surface area is 165 Å². The number of hydrogen-bond donors (Lipinski definition) is 1. The molecular formula is C21H18N4O2S. The van der Waals surface area contributed by atoms with Crippen molar-refractivity contribution in [3.8, 4) is 11.3 Å². The summed E-state index contributed by atoms with van der Waals surface area (Å²) in [5, 5.41) is 2.80. The molecule has 0 unspecified atom stereocenters. The van der Waals surface area contributed by atoms with Gasteiger partial charge in [0.15, 0.2) is 0 Å². The largest absolute Gasteiger partial charge is 0.325 e. The van der Waals surface area contributed by atoms with Crippen LogP contribution in [-0.4, -0.2) is 19.8 Å². The van der Waals surface area contributed by atoms with Crippen LogP contribution in [0.1, 0.15) is 11.1 Å². The van der Waals surface area contributed by atoms with E-state index in [-0.39, 0.29) is 18.0 Å². The fourth-order valence-corrected chi connectivity index (χ4v) is 3.75. The molecule has 0 radical (unpaired) electrons. The summed E-state index contributed by atoms with van der Waals surface area (Å²) < 4.78 is 6.17. The molecule has 0 atom stereocenters. The van der Waals surface area contributed by atoms with Crippen molar-refractivity contribution in [3.05, 3.63) is 76.3 Å². The van der Waals surface area contributed by atoms with E-state index in [1.54, 1.807) is 0 Å². The van der Waals surface area contributed by atoms with Crippen LogP contribution in [0.4, 0.5) is 5.69 Å². The Kier molecular flexibility index (Phi) is 4.75. The Morgan fingerprint density at radius 2 is 1.89 bits per heavy atom. The number of fused-ring (bicyclic) bond motifs is 1. The highest BCUT2D eigenvalue weighted by Gasteiger charge is 2.15. The quantitative estimate of drug-likeness (QED) is 0.575. The van der Waals surface area contributed by atoms with Crippen molar-refractivity contribution in [1.82, 2.24) is 13.9 Å². The van der Waals surface area contributed by atoms with Gasteiger partial charge in [0.1, 0.15) is 22.5 Å². The van der Waals surface area contributed by atoms with Crippen molar-refractivity contribution >= 4 is 33.3 Å². The van der Waals surface area contributed by atoms with E-state index in [2.05, 4.69) is 14.7 Å². The minimum absolute atomic E-state index is 0.104. The van der Waals surface area contributed by atoms with E-state index in [4.69, 9.17) is 0 Å². The van der Waals surface area contributed by atoms with E-state index >= 15 is 0 Å². The Hall–Kier alpha value is -3.32. The van der Waals surface area contributed by atoms with E-state index in [1.807, 2.05) is 62.4 Å². The Morgan fingerprint density at radius 1 is 1.11 bits per heavy atom. The lowest BCUT2D eigenvalue weighted by Gasteiger charge is -2.08. The van der Waals surface area contributed by atoms with Gasteiger partial charge in [-0.1, -0.05) is 42.0 Å². The van der Waals surface area contributed by atoms with Gasteiger partial charge in [-0.15, -0.1) is 0 Å². The predicted molar refractivity (Wildman–Crippen MR) is 112 cm³/mol. The molecule has 0 fully saturated rings. The molecule has 28 heavy (non-hydrogen) atoms. The van der Waals surface area contributed by atoms with Crippen LogP contribution in [0, 0.1) is 13.8 Å². The van der Waals surface area contributed by atoms with E-state index in [0.717, 1.165) is 28.2 Å². The van der Waals surface area contributed by atoms with Crippen LogP contribution in [0.5, 0.6) is 0 Å². The van der Waals surface area contributed by atoms with Crippen LogP contribution in [0.15, 0.2) is 59.7 Å². The number of amides is 1. The van der Waals surface area contributed by atoms with Crippen LogP contribution >= 0.6 is 11.5 Å². The third-order valence-electron chi connectivity index (χ3n) is 4.39. The number of nitrogens with zero attached hydrogens (tertiary/aromatic N) is 3. The number of benzene rings is 2. The van der Waals surface area contributed by atoms with Crippen molar-refractivity contribution < 1.29 is 4.79 Å². The van der Waals surface area contributed by atoms with Crippen LogP contribution in [-0.2, 0) is 11.3 Å². The molecule has 140 valence electrons. The summed E-state index contributed by atoms with van der Waals surface area (Å²) >= 11 is 1.11. The van der Waals surface area contributed by atoms with Gasteiger partial charge in [-0.25, -0.2) is 4.98 Å². The molecule has 0 bridgehead atoms.